The summed E-state index contributed by atoms with van der Waals surface area (Å²) < 4.78 is 11.5. The molecule has 1 aliphatic rings. The minimum absolute atomic E-state index is 0.0367. The Morgan fingerprint density at radius 3 is 2.43 bits per heavy atom. The monoisotopic (exact) mass is 474 g/mol. The van der Waals surface area contributed by atoms with Crippen molar-refractivity contribution in [1.29, 1.82) is 0 Å². The van der Waals surface area contributed by atoms with Crippen molar-refractivity contribution in [2.75, 3.05) is 0 Å². The van der Waals surface area contributed by atoms with Gasteiger partial charge in [-0.25, -0.2) is 4.79 Å². The van der Waals surface area contributed by atoms with Crippen LogP contribution in [0.15, 0.2) is 60.7 Å². The SMILES string of the molecule is CC1CCC(C(C)C)C(OC(=O)c2ccc3cc(OC(=O)CCc4ccc(O)cc4)ccc3c2)C1. The number of carbonyl (C=O) groups excluding carboxylic acids is 2. The van der Waals surface area contributed by atoms with Gasteiger partial charge in [0.05, 0.1) is 5.56 Å². The Morgan fingerprint density at radius 1 is 0.971 bits per heavy atom. The van der Waals surface area contributed by atoms with Crippen molar-refractivity contribution in [3.05, 3.63) is 71.8 Å². The fraction of sp³-hybridized carbons (Fsp3) is 0.400. The van der Waals surface area contributed by atoms with Crippen LogP contribution in [0.3, 0.4) is 0 Å². The molecule has 5 heteroatoms. The summed E-state index contributed by atoms with van der Waals surface area (Å²) in [5, 5.41) is 11.1. The van der Waals surface area contributed by atoms with E-state index in [1.165, 1.54) is 6.42 Å². The van der Waals surface area contributed by atoms with Crippen LogP contribution in [0.5, 0.6) is 11.5 Å². The zero-order chi connectivity index (χ0) is 24.9. The molecule has 184 valence electrons. The molecule has 4 rings (SSSR count). The lowest BCUT2D eigenvalue weighted by molar-refractivity contribution is -0.134. The predicted molar refractivity (Wildman–Crippen MR) is 137 cm³/mol. The lowest BCUT2D eigenvalue weighted by atomic mass is 9.75. The van der Waals surface area contributed by atoms with Crippen LogP contribution in [0.1, 0.15) is 62.4 Å². The number of phenols is 1. The maximum atomic E-state index is 12.9. The van der Waals surface area contributed by atoms with Crippen molar-refractivity contribution in [3.63, 3.8) is 0 Å². The second kappa shape index (κ2) is 10.9. The normalized spacial score (nSPS) is 20.1. The molecule has 35 heavy (non-hydrogen) atoms. The number of fused-ring (bicyclic) bond motifs is 1. The molecule has 0 saturated heterocycles. The highest BCUT2D eigenvalue weighted by molar-refractivity contribution is 5.96. The fourth-order valence-corrected chi connectivity index (χ4v) is 4.96. The molecule has 1 aliphatic carbocycles. The number of aromatic hydroxyl groups is 1. The highest BCUT2D eigenvalue weighted by atomic mass is 16.5. The van der Waals surface area contributed by atoms with Gasteiger partial charge in [-0.3, -0.25) is 4.79 Å². The van der Waals surface area contributed by atoms with Crippen molar-refractivity contribution >= 4 is 22.7 Å². The molecule has 5 nitrogen and oxygen atoms in total. The summed E-state index contributed by atoms with van der Waals surface area (Å²) in [5.74, 6) is 1.54. The molecule has 0 aromatic heterocycles. The second-order valence-corrected chi connectivity index (χ2v) is 10.1. The molecule has 0 spiro atoms. The first-order valence-corrected chi connectivity index (χ1v) is 12.5. The summed E-state index contributed by atoms with van der Waals surface area (Å²) in [6.45, 7) is 6.63. The van der Waals surface area contributed by atoms with E-state index in [9.17, 15) is 14.7 Å². The maximum absolute atomic E-state index is 12.9. The van der Waals surface area contributed by atoms with Gasteiger partial charge in [-0.2, -0.15) is 0 Å². The topological polar surface area (TPSA) is 72.8 Å². The largest absolute Gasteiger partial charge is 0.508 e. The van der Waals surface area contributed by atoms with E-state index in [2.05, 4.69) is 20.8 Å². The zero-order valence-electron chi connectivity index (χ0n) is 20.7. The Labute approximate surface area is 207 Å². The van der Waals surface area contributed by atoms with Gasteiger partial charge >= 0.3 is 11.9 Å². The van der Waals surface area contributed by atoms with E-state index in [1.807, 2.05) is 18.2 Å². The van der Waals surface area contributed by atoms with Gasteiger partial charge in [0.1, 0.15) is 17.6 Å². The van der Waals surface area contributed by atoms with Gasteiger partial charge < -0.3 is 14.6 Å². The minimum atomic E-state index is -0.320. The van der Waals surface area contributed by atoms with Crippen molar-refractivity contribution in [2.45, 2.75) is 59.0 Å². The first-order chi connectivity index (χ1) is 16.8. The Hall–Kier alpha value is -3.34. The standard InChI is InChI=1S/C30H34O5/c1-19(2)27-14-4-20(3)16-28(27)35-30(33)24-9-8-23-18-26(13-10-22(23)17-24)34-29(32)15-7-21-5-11-25(31)12-6-21/h5-6,8-13,17-20,27-28,31H,4,7,14-16H2,1-3H3. The van der Waals surface area contributed by atoms with Crippen LogP contribution in [0, 0.1) is 17.8 Å². The summed E-state index contributed by atoms with van der Waals surface area (Å²) in [7, 11) is 0. The van der Waals surface area contributed by atoms with Crippen LogP contribution in [-0.4, -0.2) is 23.1 Å². The third kappa shape index (κ3) is 6.41. The second-order valence-electron chi connectivity index (χ2n) is 10.1. The Morgan fingerprint density at radius 2 is 1.69 bits per heavy atom. The van der Waals surface area contributed by atoms with Crippen molar-refractivity contribution in [3.8, 4) is 11.5 Å². The number of rotatable bonds is 7. The smallest absolute Gasteiger partial charge is 0.338 e. The summed E-state index contributed by atoms with van der Waals surface area (Å²) in [6, 6.07) is 17.7. The number of aryl methyl sites for hydroxylation is 1. The summed E-state index contributed by atoms with van der Waals surface area (Å²) in [6.07, 6.45) is 3.95. The van der Waals surface area contributed by atoms with Gasteiger partial charge in [0.2, 0.25) is 0 Å². The van der Waals surface area contributed by atoms with Crippen LogP contribution >= 0.6 is 0 Å². The molecular formula is C30H34O5. The molecule has 0 bridgehead atoms. The zero-order valence-corrected chi connectivity index (χ0v) is 20.7. The molecule has 0 radical (unpaired) electrons. The average molecular weight is 475 g/mol. The fourth-order valence-electron chi connectivity index (χ4n) is 4.96. The predicted octanol–water partition coefficient (Wildman–Crippen LogP) is 6.70. The van der Waals surface area contributed by atoms with Crippen LogP contribution in [0.25, 0.3) is 10.8 Å². The van der Waals surface area contributed by atoms with Gasteiger partial charge in [0.15, 0.2) is 0 Å². The molecular weight excluding hydrogens is 440 g/mol. The summed E-state index contributed by atoms with van der Waals surface area (Å²) >= 11 is 0. The van der Waals surface area contributed by atoms with E-state index >= 15 is 0 Å². The number of benzene rings is 3. The molecule has 0 aliphatic heterocycles. The third-order valence-corrected chi connectivity index (χ3v) is 7.05. The number of carbonyl (C=O) groups is 2. The van der Waals surface area contributed by atoms with E-state index in [0.29, 0.717) is 35.5 Å². The van der Waals surface area contributed by atoms with Crippen LogP contribution < -0.4 is 4.74 Å². The molecule has 1 fully saturated rings. The van der Waals surface area contributed by atoms with Crippen molar-refractivity contribution < 1.29 is 24.2 Å². The Kier molecular flexibility index (Phi) is 7.74. The molecule has 3 aromatic rings. The highest BCUT2D eigenvalue weighted by Gasteiger charge is 2.33. The molecule has 0 heterocycles. The van der Waals surface area contributed by atoms with Crippen LogP contribution in [0.2, 0.25) is 0 Å². The number of esters is 2. The molecule has 3 atom stereocenters. The van der Waals surface area contributed by atoms with Crippen molar-refractivity contribution in [1.82, 2.24) is 0 Å². The van der Waals surface area contributed by atoms with Crippen LogP contribution in [0.4, 0.5) is 0 Å². The van der Waals surface area contributed by atoms with Crippen LogP contribution in [-0.2, 0) is 16.0 Å². The maximum Gasteiger partial charge on any atom is 0.338 e. The number of hydrogen-bond donors (Lipinski definition) is 1. The van der Waals surface area contributed by atoms with E-state index < -0.39 is 0 Å². The molecule has 1 saturated carbocycles. The average Bonchev–Trinajstić information content (AvgIpc) is 2.83. The van der Waals surface area contributed by atoms with E-state index in [0.717, 1.165) is 29.2 Å². The summed E-state index contributed by atoms with van der Waals surface area (Å²) in [5.41, 5.74) is 1.50. The number of hydrogen-bond acceptors (Lipinski definition) is 5. The van der Waals surface area contributed by atoms with Gasteiger partial charge in [-0.05, 0) is 89.8 Å². The summed E-state index contributed by atoms with van der Waals surface area (Å²) in [4.78, 5) is 25.2. The van der Waals surface area contributed by atoms with E-state index in [-0.39, 0.29) is 30.2 Å². The Bertz CT molecular complexity index is 1180. The van der Waals surface area contributed by atoms with Crippen molar-refractivity contribution in [2.24, 2.45) is 17.8 Å². The minimum Gasteiger partial charge on any atom is -0.508 e. The quantitative estimate of drug-likeness (QED) is 0.305. The third-order valence-electron chi connectivity index (χ3n) is 7.05. The molecule has 0 amide bonds. The number of phenolic OH excluding ortho intramolecular Hbond substituents is 1. The van der Waals surface area contributed by atoms with E-state index in [4.69, 9.17) is 9.47 Å². The first kappa shape index (κ1) is 24.8. The van der Waals surface area contributed by atoms with Gasteiger partial charge in [-0.15, -0.1) is 0 Å². The highest BCUT2D eigenvalue weighted by Crippen LogP contribution is 2.36. The number of ether oxygens (including phenoxy) is 2. The first-order valence-electron chi connectivity index (χ1n) is 12.5. The lowest BCUT2D eigenvalue weighted by Gasteiger charge is -2.36. The van der Waals surface area contributed by atoms with Gasteiger partial charge in [0.25, 0.3) is 0 Å². The van der Waals surface area contributed by atoms with Gasteiger partial charge in [0, 0.05) is 6.42 Å². The van der Waals surface area contributed by atoms with Gasteiger partial charge in [-0.1, -0.05) is 51.5 Å². The molecule has 1 N–H and O–H groups in total. The molecule has 3 unspecified atom stereocenters. The Balaban J connectivity index is 1.38. The molecule has 3 aromatic carbocycles. The van der Waals surface area contributed by atoms with E-state index in [1.54, 1.807) is 42.5 Å². The lowest BCUT2D eigenvalue weighted by Crippen LogP contribution is -2.35.